The van der Waals surface area contributed by atoms with Gasteiger partial charge in [0.05, 0.1) is 12.6 Å². The van der Waals surface area contributed by atoms with Gasteiger partial charge in [0, 0.05) is 32.2 Å². The number of carbonyl (C=O) groups excluding carboxylic acids is 2. The first-order valence-electron chi connectivity index (χ1n) is 7.27. The van der Waals surface area contributed by atoms with Gasteiger partial charge < -0.3 is 16.0 Å². The molecule has 1 rings (SSSR count). The minimum Gasteiger partial charge on any atom is -0.345 e. The highest BCUT2D eigenvalue weighted by molar-refractivity contribution is 5.88. The van der Waals surface area contributed by atoms with Gasteiger partial charge in [0.1, 0.15) is 0 Å². The minimum absolute atomic E-state index is 0.00195. The topological polar surface area (TPSA) is 78.7 Å². The maximum Gasteiger partial charge on any atom is 0.234 e. The van der Waals surface area contributed by atoms with E-state index in [1.165, 1.54) is 6.92 Å². The molecule has 2 unspecified atom stereocenters. The number of ketones is 1. The monoisotopic (exact) mass is 284 g/mol. The number of Topliss-reactive ketones (excluding diaryl/α,β-unsaturated/α-hetero) is 1. The van der Waals surface area contributed by atoms with Crippen LogP contribution in [0.4, 0.5) is 0 Å². The smallest absolute Gasteiger partial charge is 0.234 e. The van der Waals surface area contributed by atoms with E-state index in [-0.39, 0.29) is 23.7 Å². The maximum atomic E-state index is 12.1. The molecule has 116 valence electrons. The van der Waals surface area contributed by atoms with Crippen LogP contribution in [-0.4, -0.2) is 73.3 Å². The van der Waals surface area contributed by atoms with Crippen molar-refractivity contribution in [3.05, 3.63) is 0 Å². The molecule has 3 N–H and O–H groups in total. The summed E-state index contributed by atoms with van der Waals surface area (Å²) >= 11 is 0. The average Bonchev–Trinajstić information content (AvgIpc) is 2.37. The third-order valence-electron chi connectivity index (χ3n) is 3.85. The Kier molecular flexibility index (Phi) is 6.58. The number of hydrogen-bond acceptors (Lipinski definition) is 5. The van der Waals surface area contributed by atoms with Gasteiger partial charge in [-0.05, 0) is 19.9 Å². The van der Waals surface area contributed by atoms with Gasteiger partial charge >= 0.3 is 0 Å². The van der Waals surface area contributed by atoms with Crippen LogP contribution < -0.4 is 11.1 Å². The predicted molar refractivity (Wildman–Crippen MR) is 79.4 cm³/mol. The lowest BCUT2D eigenvalue weighted by atomic mass is 10.0. The number of hydrogen-bond donors (Lipinski definition) is 2. The van der Waals surface area contributed by atoms with Gasteiger partial charge in [0.15, 0.2) is 5.78 Å². The Morgan fingerprint density at radius 2 is 2.00 bits per heavy atom. The molecule has 1 aliphatic rings. The summed E-state index contributed by atoms with van der Waals surface area (Å²) in [6.07, 6.45) is 0. The Morgan fingerprint density at radius 3 is 2.50 bits per heavy atom. The largest absolute Gasteiger partial charge is 0.345 e. The standard InChI is InChI=1S/C14H28N4O2/c1-10(2)14(11(3)19)16-13(20)9-18-6-5-17(4)8-12(18)7-15/h10,12,14H,5-9,15H2,1-4H3,(H,16,20). The van der Waals surface area contributed by atoms with E-state index in [0.29, 0.717) is 13.1 Å². The summed E-state index contributed by atoms with van der Waals surface area (Å²) in [7, 11) is 2.06. The van der Waals surface area contributed by atoms with Gasteiger partial charge in [-0.1, -0.05) is 13.8 Å². The zero-order valence-electron chi connectivity index (χ0n) is 13.1. The van der Waals surface area contributed by atoms with Crippen LogP contribution in [0.5, 0.6) is 0 Å². The number of carbonyl (C=O) groups is 2. The molecule has 0 bridgehead atoms. The zero-order valence-corrected chi connectivity index (χ0v) is 13.1. The molecule has 0 radical (unpaired) electrons. The maximum absolute atomic E-state index is 12.1. The minimum atomic E-state index is -0.397. The Morgan fingerprint density at radius 1 is 1.35 bits per heavy atom. The normalized spacial score (nSPS) is 22.8. The third-order valence-corrected chi connectivity index (χ3v) is 3.85. The molecular weight excluding hydrogens is 256 g/mol. The van der Waals surface area contributed by atoms with Crippen LogP contribution in [0.2, 0.25) is 0 Å². The first kappa shape index (κ1) is 17.1. The molecular formula is C14H28N4O2. The van der Waals surface area contributed by atoms with E-state index in [4.69, 9.17) is 5.73 Å². The Labute approximate surface area is 121 Å². The fraction of sp³-hybridized carbons (Fsp3) is 0.857. The number of nitrogens with one attached hydrogen (secondary N) is 1. The molecule has 20 heavy (non-hydrogen) atoms. The first-order valence-corrected chi connectivity index (χ1v) is 7.27. The molecule has 1 fully saturated rings. The van der Waals surface area contributed by atoms with Crippen LogP contribution in [0.25, 0.3) is 0 Å². The lowest BCUT2D eigenvalue weighted by Gasteiger charge is -2.39. The van der Waals surface area contributed by atoms with Crippen molar-refractivity contribution in [2.45, 2.75) is 32.9 Å². The first-order chi connectivity index (χ1) is 9.35. The molecule has 0 aromatic carbocycles. The predicted octanol–water partition coefficient (Wildman–Crippen LogP) is -0.709. The fourth-order valence-corrected chi connectivity index (χ4v) is 2.62. The summed E-state index contributed by atoms with van der Waals surface area (Å²) in [5.41, 5.74) is 5.78. The quantitative estimate of drug-likeness (QED) is 0.674. The van der Waals surface area contributed by atoms with Crippen LogP contribution in [0, 0.1) is 5.92 Å². The summed E-state index contributed by atoms with van der Waals surface area (Å²) in [6.45, 7) is 8.88. The van der Waals surface area contributed by atoms with Crippen LogP contribution in [0.3, 0.4) is 0 Å². The summed E-state index contributed by atoms with van der Waals surface area (Å²) in [5, 5.41) is 2.83. The third kappa shape index (κ3) is 4.85. The number of nitrogens with zero attached hydrogens (tertiary/aromatic N) is 2. The van der Waals surface area contributed by atoms with Crippen molar-refractivity contribution < 1.29 is 9.59 Å². The van der Waals surface area contributed by atoms with E-state index in [1.807, 2.05) is 13.8 Å². The highest BCUT2D eigenvalue weighted by Gasteiger charge is 2.27. The molecule has 1 amide bonds. The van der Waals surface area contributed by atoms with E-state index in [2.05, 4.69) is 22.2 Å². The Balaban J connectivity index is 2.54. The number of rotatable bonds is 6. The number of amides is 1. The van der Waals surface area contributed by atoms with Crippen molar-refractivity contribution in [2.75, 3.05) is 39.8 Å². The van der Waals surface area contributed by atoms with Gasteiger partial charge in [-0.2, -0.15) is 0 Å². The van der Waals surface area contributed by atoms with Crippen molar-refractivity contribution in [3.8, 4) is 0 Å². The summed E-state index contributed by atoms with van der Waals surface area (Å²) < 4.78 is 0. The van der Waals surface area contributed by atoms with Crippen LogP contribution in [0.1, 0.15) is 20.8 Å². The molecule has 1 heterocycles. The molecule has 6 heteroatoms. The molecule has 6 nitrogen and oxygen atoms in total. The molecule has 1 aliphatic heterocycles. The van der Waals surface area contributed by atoms with E-state index in [9.17, 15) is 9.59 Å². The second-order valence-electron chi connectivity index (χ2n) is 6.02. The lowest BCUT2D eigenvalue weighted by Crippen LogP contribution is -2.58. The number of likely N-dealkylation sites (N-methyl/N-ethyl adjacent to an activating group) is 1. The second-order valence-corrected chi connectivity index (χ2v) is 6.02. The van der Waals surface area contributed by atoms with E-state index < -0.39 is 6.04 Å². The molecule has 0 aliphatic carbocycles. The Hall–Kier alpha value is -0.980. The molecule has 0 aromatic heterocycles. The summed E-state index contributed by atoms with van der Waals surface area (Å²) in [6, 6.07) is -0.194. The second kappa shape index (κ2) is 7.71. The van der Waals surface area contributed by atoms with Crippen molar-refractivity contribution in [2.24, 2.45) is 11.7 Å². The summed E-state index contributed by atoms with van der Waals surface area (Å²) in [4.78, 5) is 28.0. The highest BCUT2D eigenvalue weighted by atomic mass is 16.2. The van der Waals surface area contributed by atoms with Gasteiger partial charge in [0.2, 0.25) is 5.91 Å². The molecule has 0 aromatic rings. The van der Waals surface area contributed by atoms with Gasteiger partial charge in [0.25, 0.3) is 0 Å². The van der Waals surface area contributed by atoms with Gasteiger partial charge in [-0.15, -0.1) is 0 Å². The van der Waals surface area contributed by atoms with Crippen LogP contribution in [-0.2, 0) is 9.59 Å². The van der Waals surface area contributed by atoms with Gasteiger partial charge in [-0.3, -0.25) is 14.5 Å². The molecule has 0 spiro atoms. The van der Waals surface area contributed by atoms with E-state index in [1.54, 1.807) is 0 Å². The van der Waals surface area contributed by atoms with E-state index >= 15 is 0 Å². The van der Waals surface area contributed by atoms with Crippen molar-refractivity contribution >= 4 is 11.7 Å². The lowest BCUT2D eigenvalue weighted by molar-refractivity contribution is -0.129. The van der Waals surface area contributed by atoms with Crippen LogP contribution >= 0.6 is 0 Å². The van der Waals surface area contributed by atoms with Gasteiger partial charge in [-0.25, -0.2) is 0 Å². The number of nitrogens with two attached hydrogens (primary N) is 1. The summed E-state index contributed by atoms with van der Waals surface area (Å²) in [5.74, 6) is 0.0123. The highest BCUT2D eigenvalue weighted by Crippen LogP contribution is 2.08. The molecule has 0 saturated carbocycles. The Bertz CT molecular complexity index is 346. The van der Waals surface area contributed by atoms with Crippen molar-refractivity contribution in [1.29, 1.82) is 0 Å². The molecule has 2 atom stereocenters. The van der Waals surface area contributed by atoms with E-state index in [0.717, 1.165) is 19.6 Å². The fourth-order valence-electron chi connectivity index (χ4n) is 2.62. The SMILES string of the molecule is CC(=O)C(NC(=O)CN1CCN(C)CC1CN)C(C)C. The molecule has 1 saturated heterocycles. The van der Waals surface area contributed by atoms with Crippen molar-refractivity contribution in [1.82, 2.24) is 15.1 Å². The van der Waals surface area contributed by atoms with Crippen LogP contribution in [0.15, 0.2) is 0 Å². The number of piperazine rings is 1. The average molecular weight is 284 g/mol. The zero-order chi connectivity index (χ0) is 15.3. The van der Waals surface area contributed by atoms with Crippen molar-refractivity contribution in [3.63, 3.8) is 0 Å².